The van der Waals surface area contributed by atoms with Crippen LogP contribution in [0.4, 0.5) is 4.79 Å². The van der Waals surface area contributed by atoms with E-state index in [2.05, 4.69) is 5.32 Å². The molecule has 132 valence electrons. The smallest absolute Gasteiger partial charge is 0.317 e. The molecule has 1 aromatic carbocycles. The minimum absolute atomic E-state index is 0.0260. The standard InChI is InChI=1S/C18H27N3O3/c1-18(2,3)19-17(23)21-11-7-10-20(12-13-21)16(22)14-24-15-8-5-4-6-9-15/h4-6,8-9H,7,10-14H2,1-3H3,(H,19,23). The molecule has 0 radical (unpaired) electrons. The summed E-state index contributed by atoms with van der Waals surface area (Å²) in [6.45, 7) is 8.28. The molecule has 6 heteroatoms. The third kappa shape index (κ3) is 5.76. The minimum atomic E-state index is -0.261. The fourth-order valence-electron chi connectivity index (χ4n) is 2.52. The first-order valence-corrected chi connectivity index (χ1v) is 8.38. The summed E-state index contributed by atoms with van der Waals surface area (Å²) in [4.78, 5) is 28.1. The predicted molar refractivity (Wildman–Crippen MR) is 93.0 cm³/mol. The van der Waals surface area contributed by atoms with E-state index in [1.807, 2.05) is 51.1 Å². The average molecular weight is 333 g/mol. The Morgan fingerprint density at radius 1 is 1.04 bits per heavy atom. The van der Waals surface area contributed by atoms with Gasteiger partial charge in [0.05, 0.1) is 0 Å². The van der Waals surface area contributed by atoms with Crippen LogP contribution in [0.5, 0.6) is 5.75 Å². The van der Waals surface area contributed by atoms with Crippen molar-refractivity contribution in [3.8, 4) is 5.75 Å². The van der Waals surface area contributed by atoms with Crippen molar-refractivity contribution in [2.75, 3.05) is 32.8 Å². The maximum atomic E-state index is 12.3. The molecule has 1 aliphatic heterocycles. The number of hydrogen-bond acceptors (Lipinski definition) is 3. The number of nitrogens with zero attached hydrogens (tertiary/aromatic N) is 2. The molecule has 0 aliphatic carbocycles. The normalized spacial score (nSPS) is 15.6. The molecule has 1 aromatic rings. The zero-order valence-electron chi connectivity index (χ0n) is 14.7. The number of carbonyl (C=O) groups is 2. The van der Waals surface area contributed by atoms with Crippen molar-refractivity contribution >= 4 is 11.9 Å². The van der Waals surface area contributed by atoms with Gasteiger partial charge in [-0.1, -0.05) is 18.2 Å². The zero-order chi connectivity index (χ0) is 17.6. The minimum Gasteiger partial charge on any atom is -0.484 e. The molecule has 0 atom stereocenters. The molecule has 3 amide bonds. The lowest BCUT2D eigenvalue weighted by Crippen LogP contribution is -2.49. The Hall–Kier alpha value is -2.24. The highest BCUT2D eigenvalue weighted by Gasteiger charge is 2.24. The van der Waals surface area contributed by atoms with Crippen LogP contribution in [-0.2, 0) is 4.79 Å². The molecule has 0 unspecified atom stereocenters. The molecule has 6 nitrogen and oxygen atoms in total. The molecule has 0 bridgehead atoms. The second-order valence-corrected chi connectivity index (χ2v) is 7.00. The van der Waals surface area contributed by atoms with Gasteiger partial charge < -0.3 is 19.9 Å². The lowest BCUT2D eigenvalue weighted by molar-refractivity contribution is -0.133. The first-order chi connectivity index (χ1) is 11.3. The molecule has 1 saturated heterocycles. The van der Waals surface area contributed by atoms with E-state index in [1.54, 1.807) is 9.80 Å². The maximum absolute atomic E-state index is 12.3. The summed E-state index contributed by atoms with van der Waals surface area (Å²) in [7, 11) is 0. The highest BCUT2D eigenvalue weighted by Crippen LogP contribution is 2.10. The van der Waals surface area contributed by atoms with Crippen LogP contribution in [0, 0.1) is 0 Å². The van der Waals surface area contributed by atoms with E-state index in [-0.39, 0.29) is 24.1 Å². The Labute approximate surface area is 143 Å². The largest absolute Gasteiger partial charge is 0.484 e. The van der Waals surface area contributed by atoms with Crippen LogP contribution >= 0.6 is 0 Å². The van der Waals surface area contributed by atoms with Crippen LogP contribution in [0.15, 0.2) is 30.3 Å². The van der Waals surface area contributed by atoms with Crippen molar-refractivity contribution in [2.24, 2.45) is 0 Å². The van der Waals surface area contributed by atoms with E-state index >= 15 is 0 Å². The third-order valence-electron chi connectivity index (χ3n) is 3.72. The summed E-state index contributed by atoms with van der Waals surface area (Å²) in [5.41, 5.74) is -0.261. The topological polar surface area (TPSA) is 61.9 Å². The van der Waals surface area contributed by atoms with Gasteiger partial charge in [-0.2, -0.15) is 0 Å². The van der Waals surface area contributed by atoms with Crippen molar-refractivity contribution in [3.05, 3.63) is 30.3 Å². The number of carbonyl (C=O) groups excluding carboxylic acids is 2. The Kier molecular flexibility index (Phi) is 6.06. The van der Waals surface area contributed by atoms with E-state index in [0.29, 0.717) is 31.9 Å². The Balaban J connectivity index is 1.81. The van der Waals surface area contributed by atoms with E-state index < -0.39 is 0 Å². The summed E-state index contributed by atoms with van der Waals surface area (Å²) >= 11 is 0. The lowest BCUT2D eigenvalue weighted by Gasteiger charge is -2.27. The Morgan fingerprint density at radius 3 is 2.33 bits per heavy atom. The van der Waals surface area contributed by atoms with Gasteiger partial charge in [0.1, 0.15) is 5.75 Å². The van der Waals surface area contributed by atoms with E-state index in [4.69, 9.17) is 4.74 Å². The highest BCUT2D eigenvalue weighted by atomic mass is 16.5. The first-order valence-electron chi connectivity index (χ1n) is 8.38. The zero-order valence-corrected chi connectivity index (χ0v) is 14.7. The fraction of sp³-hybridized carbons (Fsp3) is 0.556. The number of amides is 3. The van der Waals surface area contributed by atoms with Crippen LogP contribution in [0.25, 0.3) is 0 Å². The molecular weight excluding hydrogens is 306 g/mol. The summed E-state index contributed by atoms with van der Waals surface area (Å²) in [6.07, 6.45) is 0.772. The van der Waals surface area contributed by atoms with Crippen molar-refractivity contribution in [2.45, 2.75) is 32.7 Å². The fourth-order valence-corrected chi connectivity index (χ4v) is 2.52. The quantitative estimate of drug-likeness (QED) is 0.921. The second-order valence-electron chi connectivity index (χ2n) is 7.00. The summed E-state index contributed by atoms with van der Waals surface area (Å²) in [6, 6.07) is 9.23. The molecule has 24 heavy (non-hydrogen) atoms. The summed E-state index contributed by atoms with van der Waals surface area (Å²) in [5.74, 6) is 0.642. The molecule has 2 rings (SSSR count). The third-order valence-corrected chi connectivity index (χ3v) is 3.72. The van der Waals surface area contributed by atoms with Gasteiger partial charge in [-0.3, -0.25) is 4.79 Å². The van der Waals surface area contributed by atoms with Crippen molar-refractivity contribution in [1.29, 1.82) is 0 Å². The second kappa shape index (κ2) is 8.04. The SMILES string of the molecule is CC(C)(C)NC(=O)N1CCCN(C(=O)COc2ccccc2)CC1. The molecule has 0 aromatic heterocycles. The molecule has 1 N–H and O–H groups in total. The van der Waals surface area contributed by atoms with Crippen LogP contribution in [-0.4, -0.2) is 60.1 Å². The molecule has 0 spiro atoms. The number of para-hydroxylation sites is 1. The monoisotopic (exact) mass is 333 g/mol. The summed E-state index contributed by atoms with van der Waals surface area (Å²) in [5, 5.41) is 2.97. The van der Waals surface area contributed by atoms with Gasteiger partial charge >= 0.3 is 6.03 Å². The van der Waals surface area contributed by atoms with E-state index in [1.165, 1.54) is 0 Å². The van der Waals surface area contributed by atoms with Crippen molar-refractivity contribution < 1.29 is 14.3 Å². The maximum Gasteiger partial charge on any atom is 0.317 e. The number of ether oxygens (including phenoxy) is 1. The van der Waals surface area contributed by atoms with Crippen LogP contribution in [0.3, 0.4) is 0 Å². The number of hydrogen-bond donors (Lipinski definition) is 1. The molecule has 1 fully saturated rings. The van der Waals surface area contributed by atoms with E-state index in [0.717, 1.165) is 6.42 Å². The van der Waals surface area contributed by atoms with Crippen LogP contribution < -0.4 is 10.1 Å². The summed E-state index contributed by atoms with van der Waals surface area (Å²) < 4.78 is 5.52. The van der Waals surface area contributed by atoms with Gasteiger partial charge in [-0.25, -0.2) is 4.79 Å². The predicted octanol–water partition coefficient (Wildman–Crippen LogP) is 2.11. The van der Waals surface area contributed by atoms with Crippen molar-refractivity contribution in [1.82, 2.24) is 15.1 Å². The Morgan fingerprint density at radius 2 is 1.67 bits per heavy atom. The van der Waals surface area contributed by atoms with Gasteiger partial charge in [0.25, 0.3) is 5.91 Å². The molecule has 1 aliphatic rings. The van der Waals surface area contributed by atoms with Gasteiger partial charge in [-0.05, 0) is 39.3 Å². The Bertz CT molecular complexity index is 554. The van der Waals surface area contributed by atoms with Crippen molar-refractivity contribution in [3.63, 3.8) is 0 Å². The van der Waals surface area contributed by atoms with E-state index in [9.17, 15) is 9.59 Å². The first kappa shape index (κ1) is 18.1. The van der Waals surface area contributed by atoms with Crippen LogP contribution in [0.2, 0.25) is 0 Å². The van der Waals surface area contributed by atoms with Crippen LogP contribution in [0.1, 0.15) is 27.2 Å². The molecule has 0 saturated carbocycles. The van der Waals surface area contributed by atoms with Gasteiger partial charge in [0.15, 0.2) is 6.61 Å². The molecular formula is C18H27N3O3. The number of nitrogens with one attached hydrogen (secondary N) is 1. The van der Waals surface area contributed by atoms with Gasteiger partial charge in [-0.15, -0.1) is 0 Å². The molecule has 1 heterocycles. The van der Waals surface area contributed by atoms with Gasteiger partial charge in [0, 0.05) is 31.7 Å². The average Bonchev–Trinajstić information content (AvgIpc) is 2.78. The highest BCUT2D eigenvalue weighted by molar-refractivity contribution is 5.78. The number of rotatable bonds is 3. The van der Waals surface area contributed by atoms with Gasteiger partial charge in [0.2, 0.25) is 0 Å². The number of urea groups is 1. The number of benzene rings is 1. The lowest BCUT2D eigenvalue weighted by atomic mass is 10.1.